The van der Waals surface area contributed by atoms with Gasteiger partial charge in [0.15, 0.2) is 0 Å². The van der Waals surface area contributed by atoms with Crippen LogP contribution in [0.3, 0.4) is 0 Å². The molecule has 0 aliphatic heterocycles. The van der Waals surface area contributed by atoms with Gasteiger partial charge in [0, 0.05) is 0 Å². The number of carbonyl (C=O) groups is 1. The SMILES string of the molecule is Cc1occc1C(=O)/C(C#N)=C/c1ccc2ccccc2c1. The van der Waals surface area contributed by atoms with Crippen LogP contribution in [0.5, 0.6) is 0 Å². The summed E-state index contributed by atoms with van der Waals surface area (Å²) in [5.74, 6) is 0.201. The second kappa shape index (κ2) is 5.71. The smallest absolute Gasteiger partial charge is 0.207 e. The Morgan fingerprint density at radius 2 is 1.91 bits per heavy atom. The fraction of sp³-hybridized carbons (Fsp3) is 0.0526. The maximum Gasteiger partial charge on any atom is 0.207 e. The van der Waals surface area contributed by atoms with E-state index in [-0.39, 0.29) is 11.4 Å². The molecule has 1 aromatic heterocycles. The summed E-state index contributed by atoms with van der Waals surface area (Å²) in [5, 5.41) is 11.5. The first-order valence-electron chi connectivity index (χ1n) is 6.88. The number of benzene rings is 2. The van der Waals surface area contributed by atoms with Crippen LogP contribution in [0.25, 0.3) is 16.8 Å². The summed E-state index contributed by atoms with van der Waals surface area (Å²) in [6.45, 7) is 1.71. The molecule has 0 aliphatic carbocycles. The molecule has 0 aliphatic rings. The van der Waals surface area contributed by atoms with Crippen molar-refractivity contribution < 1.29 is 9.21 Å². The van der Waals surface area contributed by atoms with Gasteiger partial charge in [-0.1, -0.05) is 36.4 Å². The van der Waals surface area contributed by atoms with Gasteiger partial charge in [-0.3, -0.25) is 4.79 Å². The first-order chi connectivity index (χ1) is 10.7. The lowest BCUT2D eigenvalue weighted by atomic mass is 10.0. The van der Waals surface area contributed by atoms with E-state index in [2.05, 4.69) is 0 Å². The van der Waals surface area contributed by atoms with E-state index in [1.807, 2.05) is 48.5 Å². The van der Waals surface area contributed by atoms with Crippen molar-refractivity contribution in [3.63, 3.8) is 0 Å². The average Bonchev–Trinajstić information content (AvgIpc) is 2.98. The highest BCUT2D eigenvalue weighted by Crippen LogP contribution is 2.20. The Hall–Kier alpha value is -3.12. The number of fused-ring (bicyclic) bond motifs is 1. The van der Waals surface area contributed by atoms with Crippen LogP contribution in [-0.4, -0.2) is 5.78 Å². The molecule has 3 heteroatoms. The van der Waals surface area contributed by atoms with Gasteiger partial charge in [-0.2, -0.15) is 5.26 Å². The molecule has 0 fully saturated rings. The summed E-state index contributed by atoms with van der Waals surface area (Å²) in [7, 11) is 0. The predicted octanol–water partition coefficient (Wildman–Crippen LogP) is 4.53. The van der Waals surface area contributed by atoms with Crippen LogP contribution in [0.2, 0.25) is 0 Å². The monoisotopic (exact) mass is 287 g/mol. The van der Waals surface area contributed by atoms with Crippen molar-refractivity contribution >= 4 is 22.6 Å². The second-order valence-electron chi connectivity index (χ2n) is 5.00. The van der Waals surface area contributed by atoms with Crippen molar-refractivity contribution in [2.24, 2.45) is 0 Å². The summed E-state index contributed by atoms with van der Waals surface area (Å²) < 4.78 is 5.13. The summed E-state index contributed by atoms with van der Waals surface area (Å²) in [6.07, 6.45) is 3.06. The van der Waals surface area contributed by atoms with Crippen molar-refractivity contribution in [1.29, 1.82) is 5.26 Å². The molecule has 22 heavy (non-hydrogen) atoms. The topological polar surface area (TPSA) is 54.0 Å². The molecule has 3 rings (SSSR count). The van der Waals surface area contributed by atoms with Crippen molar-refractivity contribution in [3.8, 4) is 6.07 Å². The molecule has 3 aromatic rings. The number of carbonyl (C=O) groups excluding carboxylic acids is 1. The van der Waals surface area contributed by atoms with E-state index in [0.717, 1.165) is 16.3 Å². The second-order valence-corrected chi connectivity index (χ2v) is 5.00. The van der Waals surface area contributed by atoms with Gasteiger partial charge in [-0.25, -0.2) is 0 Å². The molecule has 0 radical (unpaired) electrons. The van der Waals surface area contributed by atoms with Crippen molar-refractivity contribution in [2.45, 2.75) is 6.92 Å². The van der Waals surface area contributed by atoms with E-state index in [1.165, 1.54) is 6.26 Å². The molecule has 0 N–H and O–H groups in total. The highest BCUT2D eigenvalue weighted by atomic mass is 16.3. The molecule has 0 amide bonds. The number of furan rings is 1. The zero-order valence-electron chi connectivity index (χ0n) is 12.0. The van der Waals surface area contributed by atoms with Gasteiger partial charge in [0.2, 0.25) is 5.78 Å². The van der Waals surface area contributed by atoms with E-state index < -0.39 is 0 Å². The van der Waals surface area contributed by atoms with Crippen LogP contribution >= 0.6 is 0 Å². The van der Waals surface area contributed by atoms with Gasteiger partial charge in [-0.15, -0.1) is 0 Å². The van der Waals surface area contributed by atoms with Crippen LogP contribution in [0, 0.1) is 18.3 Å². The fourth-order valence-corrected chi connectivity index (χ4v) is 2.38. The number of rotatable bonds is 3. The number of hydrogen-bond acceptors (Lipinski definition) is 3. The van der Waals surface area contributed by atoms with E-state index in [4.69, 9.17) is 4.42 Å². The Morgan fingerprint density at radius 3 is 2.59 bits per heavy atom. The van der Waals surface area contributed by atoms with Gasteiger partial charge in [-0.05, 0) is 41.5 Å². The summed E-state index contributed by atoms with van der Waals surface area (Å²) in [6, 6.07) is 17.4. The van der Waals surface area contributed by atoms with Gasteiger partial charge in [0.25, 0.3) is 0 Å². The van der Waals surface area contributed by atoms with Crippen molar-refractivity contribution in [3.05, 3.63) is 77.3 Å². The molecule has 0 unspecified atom stereocenters. The lowest BCUT2D eigenvalue weighted by Gasteiger charge is -2.01. The summed E-state index contributed by atoms with van der Waals surface area (Å²) in [4.78, 5) is 12.4. The maximum atomic E-state index is 12.4. The molecule has 3 nitrogen and oxygen atoms in total. The zero-order chi connectivity index (χ0) is 15.5. The quantitative estimate of drug-likeness (QED) is 0.404. The zero-order valence-corrected chi connectivity index (χ0v) is 12.0. The minimum atomic E-state index is -0.318. The maximum absolute atomic E-state index is 12.4. The third-order valence-corrected chi connectivity index (χ3v) is 3.55. The Kier molecular flexibility index (Phi) is 3.59. The molecule has 0 saturated heterocycles. The predicted molar refractivity (Wildman–Crippen MR) is 85.3 cm³/mol. The van der Waals surface area contributed by atoms with Gasteiger partial charge in [0.05, 0.1) is 11.8 Å². The normalized spacial score (nSPS) is 11.4. The van der Waals surface area contributed by atoms with Gasteiger partial charge < -0.3 is 4.42 Å². The Balaban J connectivity index is 2.02. The number of Topliss-reactive ketones (excluding diaryl/α,β-unsaturated/α-hetero) is 1. The van der Waals surface area contributed by atoms with Crippen molar-refractivity contribution in [2.75, 3.05) is 0 Å². The highest BCUT2D eigenvalue weighted by Gasteiger charge is 2.16. The van der Waals surface area contributed by atoms with Crippen LogP contribution in [0.15, 0.2) is 64.8 Å². The molecule has 106 valence electrons. The number of ketones is 1. The molecule has 1 heterocycles. The van der Waals surface area contributed by atoms with E-state index in [1.54, 1.807) is 19.1 Å². The number of nitrogens with zero attached hydrogens (tertiary/aromatic N) is 1. The molecule has 2 aromatic carbocycles. The van der Waals surface area contributed by atoms with Gasteiger partial charge >= 0.3 is 0 Å². The molecular formula is C19H13NO2. The Labute approximate surface area is 128 Å². The number of nitriles is 1. The van der Waals surface area contributed by atoms with Crippen LogP contribution in [0.1, 0.15) is 21.7 Å². The largest absolute Gasteiger partial charge is 0.469 e. The first kappa shape index (κ1) is 13.8. The lowest BCUT2D eigenvalue weighted by molar-refractivity contribution is 0.103. The number of aryl methyl sites for hydroxylation is 1. The minimum Gasteiger partial charge on any atom is -0.469 e. The van der Waals surface area contributed by atoms with E-state index in [0.29, 0.717) is 11.3 Å². The van der Waals surface area contributed by atoms with Gasteiger partial charge in [0.1, 0.15) is 17.4 Å². The number of hydrogen-bond donors (Lipinski definition) is 0. The minimum absolute atomic E-state index is 0.0970. The lowest BCUT2D eigenvalue weighted by Crippen LogP contribution is -2.02. The fourth-order valence-electron chi connectivity index (χ4n) is 2.38. The van der Waals surface area contributed by atoms with Crippen LogP contribution < -0.4 is 0 Å². The molecule has 0 atom stereocenters. The molecule has 0 saturated carbocycles. The van der Waals surface area contributed by atoms with Crippen molar-refractivity contribution in [1.82, 2.24) is 0 Å². The molecule has 0 bridgehead atoms. The van der Waals surface area contributed by atoms with E-state index >= 15 is 0 Å². The third kappa shape index (κ3) is 2.55. The first-order valence-corrected chi connectivity index (χ1v) is 6.88. The van der Waals surface area contributed by atoms with E-state index in [9.17, 15) is 10.1 Å². The number of allylic oxidation sites excluding steroid dienone is 1. The Morgan fingerprint density at radius 1 is 1.14 bits per heavy atom. The third-order valence-electron chi connectivity index (χ3n) is 3.55. The molecular weight excluding hydrogens is 274 g/mol. The summed E-state index contributed by atoms with van der Waals surface area (Å²) >= 11 is 0. The average molecular weight is 287 g/mol. The summed E-state index contributed by atoms with van der Waals surface area (Å²) in [5.41, 5.74) is 1.35. The van der Waals surface area contributed by atoms with Crippen LogP contribution in [0.4, 0.5) is 0 Å². The van der Waals surface area contributed by atoms with Crippen LogP contribution in [-0.2, 0) is 0 Å². The highest BCUT2D eigenvalue weighted by molar-refractivity contribution is 6.14. The standard InChI is InChI=1S/C19H13NO2/c1-13-18(8-9-22-13)19(21)17(12-20)11-14-6-7-15-4-2-3-5-16(15)10-14/h2-11H,1H3/b17-11+. The molecule has 0 spiro atoms. The Bertz CT molecular complexity index is 926.